The third kappa shape index (κ3) is 2.06. The second-order valence-electron chi connectivity index (χ2n) is 3.50. The highest BCUT2D eigenvalue weighted by Gasteiger charge is 2.40. The van der Waals surface area contributed by atoms with E-state index in [9.17, 15) is 9.50 Å². The SMILES string of the molecule is OC1(Cc2cc(Br)cnc2F)CC1. The van der Waals surface area contributed by atoms with Crippen molar-refractivity contribution < 1.29 is 9.50 Å². The number of rotatable bonds is 2. The highest BCUT2D eigenvalue weighted by Crippen LogP contribution is 2.38. The fourth-order valence-electron chi connectivity index (χ4n) is 1.26. The molecule has 0 aliphatic heterocycles. The van der Waals surface area contributed by atoms with Gasteiger partial charge in [0.2, 0.25) is 5.95 Å². The molecule has 0 amide bonds. The molecule has 1 aromatic heterocycles. The van der Waals surface area contributed by atoms with Crippen molar-refractivity contribution in [1.29, 1.82) is 0 Å². The molecule has 1 aromatic rings. The average molecular weight is 246 g/mol. The van der Waals surface area contributed by atoms with Gasteiger partial charge in [-0.05, 0) is 34.8 Å². The molecule has 1 fully saturated rings. The normalized spacial score (nSPS) is 18.7. The second kappa shape index (κ2) is 3.03. The lowest BCUT2D eigenvalue weighted by Gasteiger charge is -2.07. The fraction of sp³-hybridized carbons (Fsp3) is 0.444. The van der Waals surface area contributed by atoms with Gasteiger partial charge in [-0.1, -0.05) is 0 Å². The van der Waals surface area contributed by atoms with Crippen molar-refractivity contribution >= 4 is 15.9 Å². The second-order valence-corrected chi connectivity index (χ2v) is 4.42. The standard InChI is InChI=1S/C9H9BrFNO/c10-7-3-6(8(11)12-5-7)4-9(13)1-2-9/h3,5,13H,1-2,4H2. The summed E-state index contributed by atoms with van der Waals surface area (Å²) in [5, 5.41) is 9.59. The number of aromatic nitrogens is 1. The summed E-state index contributed by atoms with van der Waals surface area (Å²) in [7, 11) is 0. The molecule has 1 aliphatic rings. The van der Waals surface area contributed by atoms with Crippen LogP contribution >= 0.6 is 15.9 Å². The van der Waals surface area contributed by atoms with Crippen molar-refractivity contribution in [3.8, 4) is 0 Å². The molecule has 0 unspecified atom stereocenters. The van der Waals surface area contributed by atoms with Gasteiger partial charge < -0.3 is 5.11 Å². The molecule has 1 saturated carbocycles. The summed E-state index contributed by atoms with van der Waals surface area (Å²) >= 11 is 3.21. The van der Waals surface area contributed by atoms with E-state index in [1.54, 1.807) is 6.07 Å². The first kappa shape index (κ1) is 9.09. The van der Waals surface area contributed by atoms with Crippen LogP contribution in [0.25, 0.3) is 0 Å². The van der Waals surface area contributed by atoms with Crippen LogP contribution < -0.4 is 0 Å². The van der Waals surface area contributed by atoms with Crippen LogP contribution in [-0.2, 0) is 6.42 Å². The number of halogens is 2. The van der Waals surface area contributed by atoms with E-state index in [1.807, 2.05) is 0 Å². The van der Waals surface area contributed by atoms with Crippen molar-refractivity contribution in [2.75, 3.05) is 0 Å². The van der Waals surface area contributed by atoms with Gasteiger partial charge in [0.15, 0.2) is 0 Å². The molecule has 1 N–H and O–H groups in total. The molecule has 0 spiro atoms. The highest BCUT2D eigenvalue weighted by atomic mass is 79.9. The topological polar surface area (TPSA) is 33.1 Å². The molecular weight excluding hydrogens is 237 g/mol. The van der Waals surface area contributed by atoms with Gasteiger partial charge in [-0.15, -0.1) is 0 Å². The summed E-state index contributed by atoms with van der Waals surface area (Å²) in [5.41, 5.74) is -0.182. The highest BCUT2D eigenvalue weighted by molar-refractivity contribution is 9.10. The Morgan fingerprint density at radius 1 is 1.62 bits per heavy atom. The Morgan fingerprint density at radius 2 is 2.31 bits per heavy atom. The summed E-state index contributed by atoms with van der Waals surface area (Å²) < 4.78 is 13.8. The Kier molecular flexibility index (Phi) is 2.12. The number of hydrogen-bond acceptors (Lipinski definition) is 2. The third-order valence-electron chi connectivity index (χ3n) is 2.22. The molecule has 0 bridgehead atoms. The summed E-state index contributed by atoms with van der Waals surface area (Å²) in [6.45, 7) is 0. The van der Waals surface area contributed by atoms with E-state index in [-0.39, 0.29) is 0 Å². The zero-order chi connectivity index (χ0) is 9.47. The van der Waals surface area contributed by atoms with Crippen molar-refractivity contribution in [3.63, 3.8) is 0 Å². The first-order valence-electron chi connectivity index (χ1n) is 4.11. The van der Waals surface area contributed by atoms with Gasteiger partial charge in [-0.3, -0.25) is 0 Å². The van der Waals surface area contributed by atoms with E-state index >= 15 is 0 Å². The minimum absolute atomic E-state index is 0.366. The molecule has 70 valence electrons. The van der Waals surface area contributed by atoms with E-state index in [2.05, 4.69) is 20.9 Å². The Labute approximate surface area is 83.9 Å². The smallest absolute Gasteiger partial charge is 0.216 e. The minimum Gasteiger partial charge on any atom is -0.390 e. The monoisotopic (exact) mass is 245 g/mol. The van der Waals surface area contributed by atoms with E-state index in [0.717, 1.165) is 17.3 Å². The van der Waals surface area contributed by atoms with Crippen LogP contribution in [0.5, 0.6) is 0 Å². The third-order valence-corrected chi connectivity index (χ3v) is 2.66. The molecule has 1 aliphatic carbocycles. The summed E-state index contributed by atoms with van der Waals surface area (Å²) in [5.74, 6) is -0.483. The Balaban J connectivity index is 2.23. The molecule has 0 radical (unpaired) electrons. The van der Waals surface area contributed by atoms with Crippen LogP contribution in [0.2, 0.25) is 0 Å². The predicted molar refractivity (Wildman–Crippen MR) is 49.8 cm³/mol. The van der Waals surface area contributed by atoms with Crippen molar-refractivity contribution in [2.45, 2.75) is 24.9 Å². The lowest BCUT2D eigenvalue weighted by Crippen LogP contribution is -2.12. The van der Waals surface area contributed by atoms with E-state index < -0.39 is 11.5 Å². The summed E-state index contributed by atoms with van der Waals surface area (Å²) in [4.78, 5) is 3.57. The van der Waals surface area contributed by atoms with Gasteiger partial charge in [0, 0.05) is 22.7 Å². The Bertz CT molecular complexity index is 338. The van der Waals surface area contributed by atoms with Crippen LogP contribution in [0.1, 0.15) is 18.4 Å². The van der Waals surface area contributed by atoms with Gasteiger partial charge in [0.05, 0.1) is 5.60 Å². The van der Waals surface area contributed by atoms with Crippen LogP contribution in [0, 0.1) is 5.95 Å². The number of pyridine rings is 1. The molecule has 4 heteroatoms. The predicted octanol–water partition coefficient (Wildman–Crippen LogP) is 2.05. The number of aliphatic hydroxyl groups is 1. The fourth-order valence-corrected chi connectivity index (χ4v) is 1.64. The van der Waals surface area contributed by atoms with Crippen LogP contribution in [0.3, 0.4) is 0 Å². The molecule has 1 heterocycles. The van der Waals surface area contributed by atoms with Gasteiger partial charge in [0.1, 0.15) is 0 Å². The molecule has 0 aromatic carbocycles. The maximum atomic E-state index is 13.1. The Hall–Kier alpha value is -0.480. The van der Waals surface area contributed by atoms with Gasteiger partial charge in [-0.25, -0.2) is 4.98 Å². The lowest BCUT2D eigenvalue weighted by molar-refractivity contribution is 0.149. The molecule has 0 saturated heterocycles. The van der Waals surface area contributed by atoms with Crippen molar-refractivity contribution in [1.82, 2.24) is 4.98 Å². The van der Waals surface area contributed by atoms with E-state index in [1.165, 1.54) is 6.20 Å². The van der Waals surface area contributed by atoms with Gasteiger partial charge in [0.25, 0.3) is 0 Å². The Morgan fingerprint density at radius 3 is 2.92 bits per heavy atom. The molecular formula is C9H9BrFNO. The summed E-state index contributed by atoms with van der Waals surface area (Å²) in [6.07, 6.45) is 3.30. The number of hydrogen-bond donors (Lipinski definition) is 1. The largest absolute Gasteiger partial charge is 0.390 e. The van der Waals surface area contributed by atoms with E-state index in [0.29, 0.717) is 12.0 Å². The maximum absolute atomic E-state index is 13.1. The van der Waals surface area contributed by atoms with Crippen molar-refractivity contribution in [2.24, 2.45) is 0 Å². The quantitative estimate of drug-likeness (QED) is 0.810. The van der Waals surface area contributed by atoms with E-state index in [4.69, 9.17) is 0 Å². The molecule has 2 rings (SSSR count). The first-order chi connectivity index (χ1) is 6.09. The zero-order valence-electron chi connectivity index (χ0n) is 6.93. The molecule has 2 nitrogen and oxygen atoms in total. The van der Waals surface area contributed by atoms with Crippen LogP contribution in [-0.4, -0.2) is 15.7 Å². The lowest BCUT2D eigenvalue weighted by atomic mass is 10.1. The average Bonchev–Trinajstić information content (AvgIpc) is 2.76. The first-order valence-corrected chi connectivity index (χ1v) is 4.91. The van der Waals surface area contributed by atoms with Crippen molar-refractivity contribution in [3.05, 3.63) is 28.2 Å². The maximum Gasteiger partial charge on any atom is 0.216 e. The zero-order valence-corrected chi connectivity index (χ0v) is 8.51. The number of nitrogens with zero attached hydrogens (tertiary/aromatic N) is 1. The van der Waals surface area contributed by atoms with Gasteiger partial charge >= 0.3 is 0 Å². The van der Waals surface area contributed by atoms with Gasteiger partial charge in [-0.2, -0.15) is 4.39 Å². The molecule has 13 heavy (non-hydrogen) atoms. The summed E-state index contributed by atoms with van der Waals surface area (Å²) in [6, 6.07) is 1.67. The van der Waals surface area contributed by atoms with Crippen LogP contribution in [0.15, 0.2) is 16.7 Å². The van der Waals surface area contributed by atoms with Crippen LogP contribution in [0.4, 0.5) is 4.39 Å². The molecule has 0 atom stereocenters. The minimum atomic E-state index is -0.663.